The van der Waals surface area contributed by atoms with Crippen LogP contribution in [0.2, 0.25) is 0 Å². The van der Waals surface area contributed by atoms with Gasteiger partial charge in [-0.25, -0.2) is 14.1 Å². The predicted octanol–water partition coefficient (Wildman–Crippen LogP) is 3.70. The van der Waals surface area contributed by atoms with Crippen molar-refractivity contribution < 1.29 is 33.5 Å². The number of amides is 3. The Labute approximate surface area is 171 Å². The molecule has 0 aromatic heterocycles. The third-order valence-corrected chi connectivity index (χ3v) is 6.05. The fourth-order valence-corrected chi connectivity index (χ4v) is 4.67. The maximum atomic E-state index is 14.2. The number of imide groups is 1. The average Bonchev–Trinajstić information content (AvgIpc) is 2.92. The summed E-state index contributed by atoms with van der Waals surface area (Å²) in [5.74, 6) is -1.50. The normalized spacial score (nSPS) is 20.1. The first kappa shape index (κ1) is 19.6. The number of non-ortho nitro benzene ring substituents is 1. The fourth-order valence-electron chi connectivity index (χ4n) is 3.46. The summed E-state index contributed by atoms with van der Waals surface area (Å²) in [4.78, 5) is 48.2. The van der Waals surface area contributed by atoms with Crippen molar-refractivity contribution in [3.63, 3.8) is 0 Å². The van der Waals surface area contributed by atoms with E-state index in [1.54, 1.807) is 0 Å². The molecule has 30 heavy (non-hydrogen) atoms. The molecule has 2 aromatic rings. The number of nitro groups is 1. The van der Waals surface area contributed by atoms with Crippen molar-refractivity contribution in [1.29, 1.82) is 0 Å². The van der Waals surface area contributed by atoms with Crippen molar-refractivity contribution in [2.24, 2.45) is 0 Å². The number of nitrogens with zero attached hydrogens (tertiary/aromatic N) is 2. The van der Waals surface area contributed by atoms with Crippen molar-refractivity contribution in [2.75, 3.05) is 16.8 Å². The van der Waals surface area contributed by atoms with Gasteiger partial charge < -0.3 is 9.84 Å². The average molecular weight is 433 g/mol. The molecule has 12 heteroatoms. The molecule has 154 valence electrons. The smallest absolute Gasteiger partial charge is 0.409 e. The SMILES string of the molecule is O=C(O)Nc1cc(F)cc2c1OCCC21SC(=O)N(c2ccc([N+](=O)[O-])cc2)C1=O. The molecule has 1 saturated heterocycles. The van der Waals surface area contributed by atoms with E-state index in [-0.39, 0.29) is 41.4 Å². The number of ether oxygens (including phenoxy) is 1. The van der Waals surface area contributed by atoms with Gasteiger partial charge in [0.1, 0.15) is 16.3 Å². The quantitative estimate of drug-likeness (QED) is 0.552. The zero-order valence-electron chi connectivity index (χ0n) is 15.0. The molecule has 4 rings (SSSR count). The van der Waals surface area contributed by atoms with Crippen LogP contribution in [0.1, 0.15) is 12.0 Å². The van der Waals surface area contributed by atoms with Crippen LogP contribution in [0.15, 0.2) is 36.4 Å². The molecular formula is C18H12FN3O7S. The Hall–Kier alpha value is -3.67. The van der Waals surface area contributed by atoms with Crippen LogP contribution in [-0.4, -0.2) is 33.9 Å². The van der Waals surface area contributed by atoms with Gasteiger partial charge >= 0.3 is 6.09 Å². The summed E-state index contributed by atoms with van der Waals surface area (Å²) in [5, 5.41) is 21.2. The van der Waals surface area contributed by atoms with Gasteiger partial charge in [-0.1, -0.05) is 0 Å². The predicted molar refractivity (Wildman–Crippen MR) is 103 cm³/mol. The minimum atomic E-state index is -1.51. The molecule has 10 nitrogen and oxygen atoms in total. The summed E-state index contributed by atoms with van der Waals surface area (Å²) in [6.07, 6.45) is -1.39. The summed E-state index contributed by atoms with van der Waals surface area (Å²) >= 11 is 0.671. The maximum absolute atomic E-state index is 14.2. The summed E-state index contributed by atoms with van der Waals surface area (Å²) in [7, 11) is 0. The van der Waals surface area contributed by atoms with Gasteiger partial charge in [-0.3, -0.25) is 25.0 Å². The van der Waals surface area contributed by atoms with Gasteiger partial charge in [-0.2, -0.15) is 0 Å². The summed E-state index contributed by atoms with van der Waals surface area (Å²) < 4.78 is 18.2. The Morgan fingerprint density at radius 3 is 2.63 bits per heavy atom. The highest BCUT2D eigenvalue weighted by Gasteiger charge is 2.57. The van der Waals surface area contributed by atoms with Crippen LogP contribution >= 0.6 is 11.8 Å². The molecule has 0 saturated carbocycles. The number of anilines is 2. The van der Waals surface area contributed by atoms with Gasteiger partial charge in [0.2, 0.25) is 0 Å². The zero-order chi connectivity index (χ0) is 21.6. The molecule has 1 atom stereocenters. The monoisotopic (exact) mass is 433 g/mol. The maximum Gasteiger partial charge on any atom is 0.409 e. The van der Waals surface area contributed by atoms with E-state index in [1.165, 1.54) is 12.1 Å². The van der Waals surface area contributed by atoms with Crippen LogP contribution in [-0.2, 0) is 9.54 Å². The van der Waals surface area contributed by atoms with Crippen LogP contribution in [0, 0.1) is 15.9 Å². The van der Waals surface area contributed by atoms with Crippen molar-refractivity contribution in [1.82, 2.24) is 0 Å². The lowest BCUT2D eigenvalue weighted by Crippen LogP contribution is -2.41. The molecule has 3 amide bonds. The topological polar surface area (TPSA) is 139 Å². The summed E-state index contributed by atoms with van der Waals surface area (Å²) in [6.45, 7) is -0.00689. The van der Waals surface area contributed by atoms with E-state index < -0.39 is 32.7 Å². The van der Waals surface area contributed by atoms with E-state index >= 15 is 0 Å². The lowest BCUT2D eigenvalue weighted by Gasteiger charge is -2.33. The molecule has 2 aliphatic heterocycles. The number of hydrogen-bond acceptors (Lipinski definition) is 7. The van der Waals surface area contributed by atoms with E-state index in [1.807, 2.05) is 5.32 Å². The Kier molecular flexibility index (Phi) is 4.57. The van der Waals surface area contributed by atoms with Gasteiger partial charge in [0, 0.05) is 30.2 Å². The van der Waals surface area contributed by atoms with Gasteiger partial charge in [-0.05, 0) is 30.0 Å². The Balaban J connectivity index is 1.79. The number of carbonyl (C=O) groups is 3. The highest BCUT2D eigenvalue weighted by atomic mass is 32.2. The highest BCUT2D eigenvalue weighted by Crippen LogP contribution is 2.55. The molecular weight excluding hydrogens is 421 g/mol. The van der Waals surface area contributed by atoms with E-state index in [4.69, 9.17) is 9.84 Å². The number of carbonyl (C=O) groups excluding carboxylic acids is 2. The van der Waals surface area contributed by atoms with E-state index in [2.05, 4.69) is 0 Å². The zero-order valence-corrected chi connectivity index (χ0v) is 15.8. The van der Waals surface area contributed by atoms with Crippen LogP contribution in [0.5, 0.6) is 5.75 Å². The number of carboxylic acid groups (broad SMARTS) is 1. The second kappa shape index (κ2) is 6.99. The Morgan fingerprint density at radius 1 is 1.30 bits per heavy atom. The van der Waals surface area contributed by atoms with Gasteiger partial charge in [0.15, 0.2) is 0 Å². The van der Waals surface area contributed by atoms with Gasteiger partial charge in [0.25, 0.3) is 16.8 Å². The van der Waals surface area contributed by atoms with Gasteiger partial charge in [-0.15, -0.1) is 0 Å². The number of hydrogen-bond donors (Lipinski definition) is 2. The van der Waals surface area contributed by atoms with Crippen molar-refractivity contribution in [2.45, 2.75) is 11.2 Å². The number of benzene rings is 2. The lowest BCUT2D eigenvalue weighted by atomic mass is 9.89. The lowest BCUT2D eigenvalue weighted by molar-refractivity contribution is -0.384. The number of halogens is 1. The van der Waals surface area contributed by atoms with Crippen LogP contribution < -0.4 is 15.0 Å². The van der Waals surface area contributed by atoms with Crippen molar-refractivity contribution in [3.05, 3.63) is 57.9 Å². The largest absolute Gasteiger partial charge is 0.491 e. The third-order valence-electron chi connectivity index (χ3n) is 4.74. The summed E-state index contributed by atoms with van der Waals surface area (Å²) in [5.41, 5.74) is -0.201. The Morgan fingerprint density at radius 2 is 2.00 bits per heavy atom. The second-order valence-corrected chi connectivity index (χ2v) is 7.72. The van der Waals surface area contributed by atoms with E-state index in [9.17, 15) is 28.9 Å². The standard InChI is InChI=1S/C18H12FN3O7S/c19-9-7-12-14(13(8-9)20-16(24)25)29-6-5-18(12)15(23)21(17(26)30-18)10-1-3-11(4-2-10)22(27)28/h1-4,7-8,20H,5-6H2,(H,24,25). The molecule has 2 aliphatic rings. The van der Waals surface area contributed by atoms with E-state index in [0.29, 0.717) is 11.8 Å². The molecule has 1 spiro atoms. The number of thioether (sulfide) groups is 1. The number of rotatable bonds is 3. The van der Waals surface area contributed by atoms with Gasteiger partial charge in [0.05, 0.1) is 22.9 Å². The van der Waals surface area contributed by atoms with Crippen molar-refractivity contribution in [3.8, 4) is 5.75 Å². The molecule has 0 aliphatic carbocycles. The molecule has 2 aromatic carbocycles. The molecule has 1 unspecified atom stereocenters. The van der Waals surface area contributed by atoms with Crippen LogP contribution in [0.3, 0.4) is 0 Å². The summed E-state index contributed by atoms with van der Waals surface area (Å²) in [6, 6.07) is 6.84. The first-order chi connectivity index (χ1) is 14.2. The molecule has 0 radical (unpaired) electrons. The number of fused-ring (bicyclic) bond motifs is 2. The van der Waals surface area contributed by atoms with Crippen molar-refractivity contribution >= 4 is 46.1 Å². The fraction of sp³-hybridized carbons (Fsp3) is 0.167. The second-order valence-electron chi connectivity index (χ2n) is 6.47. The highest BCUT2D eigenvalue weighted by molar-refractivity contribution is 8.16. The minimum Gasteiger partial charge on any atom is -0.491 e. The first-order valence-corrected chi connectivity index (χ1v) is 9.33. The Bertz CT molecular complexity index is 1110. The van der Waals surface area contributed by atoms with Crippen LogP contribution in [0.25, 0.3) is 0 Å². The van der Waals surface area contributed by atoms with E-state index in [0.717, 1.165) is 29.2 Å². The molecule has 2 N–H and O–H groups in total. The molecule has 2 heterocycles. The third kappa shape index (κ3) is 3.01. The molecule has 1 fully saturated rings. The number of nitro benzene ring substituents is 1. The first-order valence-electron chi connectivity index (χ1n) is 8.52. The van der Waals surface area contributed by atoms with Crippen LogP contribution in [0.4, 0.5) is 31.0 Å². The number of nitrogens with one attached hydrogen (secondary N) is 1. The minimum absolute atomic E-state index is 0.00689. The molecule has 0 bridgehead atoms.